The van der Waals surface area contributed by atoms with E-state index < -0.39 is 0 Å². The second kappa shape index (κ2) is 11.0. The molecule has 1 heterocycles. The van der Waals surface area contributed by atoms with Gasteiger partial charge < -0.3 is 14.5 Å². The number of piperidine rings is 1. The van der Waals surface area contributed by atoms with Gasteiger partial charge in [-0.05, 0) is 62.9 Å². The highest BCUT2D eigenvalue weighted by molar-refractivity contribution is 5.95. The van der Waals surface area contributed by atoms with Crippen molar-refractivity contribution in [3.8, 4) is 5.75 Å². The van der Waals surface area contributed by atoms with E-state index in [2.05, 4.69) is 4.90 Å². The van der Waals surface area contributed by atoms with Crippen LogP contribution in [0.4, 0.5) is 10.1 Å². The minimum Gasteiger partial charge on any atom is -0.493 e. The molecule has 1 saturated heterocycles. The number of benzene rings is 2. The largest absolute Gasteiger partial charge is 0.493 e. The van der Waals surface area contributed by atoms with Gasteiger partial charge in [0, 0.05) is 30.3 Å². The van der Waals surface area contributed by atoms with Crippen molar-refractivity contribution >= 4 is 11.6 Å². The first-order valence-electron chi connectivity index (χ1n) is 12.1. The number of hydrogen-bond acceptors (Lipinski definition) is 3. The average Bonchev–Trinajstić information content (AvgIpc) is 2.85. The summed E-state index contributed by atoms with van der Waals surface area (Å²) >= 11 is 0. The van der Waals surface area contributed by atoms with Crippen LogP contribution < -0.4 is 9.64 Å². The molecule has 4 rings (SSSR count). The SMILES string of the molecule is COc1c(F)cccc1C1CCN(CCN(C(=O)C2CCCCC2)c2ccccc2)CC1. The van der Waals surface area contributed by atoms with Crippen molar-refractivity contribution in [1.29, 1.82) is 0 Å². The van der Waals surface area contributed by atoms with Gasteiger partial charge in [0.05, 0.1) is 7.11 Å². The van der Waals surface area contributed by atoms with E-state index in [-0.39, 0.29) is 17.6 Å². The fourth-order valence-electron chi connectivity index (χ4n) is 5.32. The van der Waals surface area contributed by atoms with Crippen molar-refractivity contribution in [2.45, 2.75) is 50.9 Å². The van der Waals surface area contributed by atoms with Crippen LogP contribution >= 0.6 is 0 Å². The Labute approximate surface area is 191 Å². The molecule has 0 aromatic heterocycles. The molecule has 1 aliphatic carbocycles. The fraction of sp³-hybridized carbons (Fsp3) is 0.519. The van der Waals surface area contributed by atoms with E-state index in [0.717, 1.165) is 69.4 Å². The third-order valence-electron chi connectivity index (χ3n) is 7.16. The van der Waals surface area contributed by atoms with E-state index in [0.29, 0.717) is 18.2 Å². The lowest BCUT2D eigenvalue weighted by molar-refractivity contribution is -0.123. The summed E-state index contributed by atoms with van der Waals surface area (Å²) < 4.78 is 19.4. The zero-order valence-corrected chi connectivity index (χ0v) is 19.1. The number of carbonyl (C=O) groups excluding carboxylic acids is 1. The Hall–Kier alpha value is -2.40. The number of halogens is 1. The number of likely N-dealkylation sites (tertiary alicyclic amines) is 1. The molecule has 2 aliphatic rings. The molecule has 0 unspecified atom stereocenters. The van der Waals surface area contributed by atoms with Gasteiger partial charge in [-0.25, -0.2) is 4.39 Å². The van der Waals surface area contributed by atoms with Gasteiger partial charge in [-0.1, -0.05) is 49.6 Å². The molecule has 1 saturated carbocycles. The van der Waals surface area contributed by atoms with Crippen LogP contribution in [-0.2, 0) is 4.79 Å². The highest BCUT2D eigenvalue weighted by Gasteiger charge is 2.28. The Kier molecular flexibility index (Phi) is 7.80. The summed E-state index contributed by atoms with van der Waals surface area (Å²) in [6.45, 7) is 3.48. The number of para-hydroxylation sites is 2. The maximum absolute atomic E-state index is 14.1. The molecule has 32 heavy (non-hydrogen) atoms. The zero-order valence-electron chi connectivity index (χ0n) is 19.1. The van der Waals surface area contributed by atoms with Gasteiger partial charge in [-0.3, -0.25) is 4.79 Å². The standard InChI is InChI=1S/C27H35FN2O2/c1-32-26-24(13-8-14-25(26)28)21-15-17-29(18-16-21)19-20-30(23-11-6-3-7-12-23)27(31)22-9-4-2-5-10-22/h3,6-8,11-14,21-22H,2,4-5,9-10,15-20H2,1H3. The second-order valence-corrected chi connectivity index (χ2v) is 9.14. The monoisotopic (exact) mass is 438 g/mol. The van der Waals surface area contributed by atoms with Crippen molar-refractivity contribution in [3.05, 3.63) is 59.9 Å². The number of anilines is 1. The number of amides is 1. The summed E-state index contributed by atoms with van der Waals surface area (Å²) in [6, 6.07) is 15.3. The summed E-state index contributed by atoms with van der Waals surface area (Å²) in [7, 11) is 1.54. The van der Waals surface area contributed by atoms with Crippen LogP contribution in [0.3, 0.4) is 0 Å². The third kappa shape index (κ3) is 5.32. The van der Waals surface area contributed by atoms with Gasteiger partial charge in [0.1, 0.15) is 0 Å². The lowest BCUT2D eigenvalue weighted by Crippen LogP contribution is -2.44. The molecule has 0 spiro atoms. The van der Waals surface area contributed by atoms with Crippen molar-refractivity contribution in [3.63, 3.8) is 0 Å². The summed E-state index contributed by atoms with van der Waals surface area (Å²) in [4.78, 5) is 17.8. The van der Waals surface area contributed by atoms with Gasteiger partial charge in [0.2, 0.25) is 5.91 Å². The smallest absolute Gasteiger partial charge is 0.230 e. The van der Waals surface area contributed by atoms with E-state index in [1.54, 1.807) is 13.2 Å². The lowest BCUT2D eigenvalue weighted by Gasteiger charge is -2.35. The topological polar surface area (TPSA) is 32.8 Å². The summed E-state index contributed by atoms with van der Waals surface area (Å²) in [6.07, 6.45) is 7.56. The number of hydrogen-bond donors (Lipinski definition) is 0. The molecule has 4 nitrogen and oxygen atoms in total. The first-order chi connectivity index (χ1) is 15.7. The Morgan fingerprint density at radius 1 is 1.00 bits per heavy atom. The second-order valence-electron chi connectivity index (χ2n) is 9.14. The van der Waals surface area contributed by atoms with E-state index in [4.69, 9.17) is 4.74 Å². The summed E-state index contributed by atoms with van der Waals surface area (Å²) in [5.41, 5.74) is 1.98. The van der Waals surface area contributed by atoms with E-state index in [9.17, 15) is 9.18 Å². The average molecular weight is 439 g/mol. The maximum Gasteiger partial charge on any atom is 0.230 e. The van der Waals surface area contributed by atoms with Gasteiger partial charge in [0.15, 0.2) is 11.6 Å². The summed E-state index contributed by atoms with van der Waals surface area (Å²) in [5.74, 6) is 0.864. The van der Waals surface area contributed by atoms with Gasteiger partial charge in [-0.2, -0.15) is 0 Å². The predicted molar refractivity (Wildman–Crippen MR) is 127 cm³/mol. The Bertz CT molecular complexity index is 874. The zero-order chi connectivity index (χ0) is 22.3. The molecule has 172 valence electrons. The molecular weight excluding hydrogens is 403 g/mol. The van der Waals surface area contributed by atoms with E-state index in [1.165, 1.54) is 12.5 Å². The Morgan fingerprint density at radius 3 is 2.41 bits per heavy atom. The van der Waals surface area contributed by atoms with Crippen molar-refractivity contribution in [2.24, 2.45) is 5.92 Å². The van der Waals surface area contributed by atoms with Crippen molar-refractivity contribution < 1.29 is 13.9 Å². The molecule has 0 radical (unpaired) electrons. The molecule has 2 fully saturated rings. The number of ether oxygens (including phenoxy) is 1. The van der Waals surface area contributed by atoms with Crippen LogP contribution in [0.1, 0.15) is 56.4 Å². The molecule has 1 amide bonds. The fourth-order valence-corrected chi connectivity index (χ4v) is 5.32. The van der Waals surface area contributed by atoms with Gasteiger partial charge in [-0.15, -0.1) is 0 Å². The highest BCUT2D eigenvalue weighted by Crippen LogP contribution is 2.35. The van der Waals surface area contributed by atoms with Crippen LogP contribution in [-0.4, -0.2) is 44.1 Å². The number of rotatable bonds is 7. The molecule has 5 heteroatoms. The lowest BCUT2D eigenvalue weighted by atomic mass is 9.88. The van der Waals surface area contributed by atoms with Crippen molar-refractivity contribution in [1.82, 2.24) is 4.90 Å². The van der Waals surface area contributed by atoms with Crippen LogP contribution in [0, 0.1) is 11.7 Å². The summed E-state index contributed by atoms with van der Waals surface area (Å²) in [5, 5.41) is 0. The van der Waals surface area contributed by atoms with Crippen LogP contribution in [0.2, 0.25) is 0 Å². The predicted octanol–water partition coefficient (Wildman–Crippen LogP) is 5.63. The minimum atomic E-state index is -0.285. The molecule has 0 N–H and O–H groups in total. The van der Waals surface area contributed by atoms with Crippen LogP contribution in [0.25, 0.3) is 0 Å². The first-order valence-corrected chi connectivity index (χ1v) is 12.1. The Morgan fingerprint density at radius 2 is 1.72 bits per heavy atom. The highest BCUT2D eigenvalue weighted by atomic mass is 19.1. The van der Waals surface area contributed by atoms with E-state index in [1.807, 2.05) is 41.3 Å². The Balaban J connectivity index is 1.37. The number of nitrogens with zero attached hydrogens (tertiary/aromatic N) is 2. The van der Waals surface area contributed by atoms with Crippen molar-refractivity contribution in [2.75, 3.05) is 38.2 Å². The van der Waals surface area contributed by atoms with Crippen LogP contribution in [0.15, 0.2) is 48.5 Å². The maximum atomic E-state index is 14.1. The van der Waals surface area contributed by atoms with Gasteiger partial charge in [0.25, 0.3) is 0 Å². The molecular formula is C27H35FN2O2. The number of methoxy groups -OCH3 is 1. The van der Waals surface area contributed by atoms with Gasteiger partial charge >= 0.3 is 0 Å². The van der Waals surface area contributed by atoms with Crippen LogP contribution in [0.5, 0.6) is 5.75 Å². The molecule has 0 bridgehead atoms. The third-order valence-corrected chi connectivity index (χ3v) is 7.16. The molecule has 0 atom stereocenters. The number of carbonyl (C=O) groups is 1. The minimum absolute atomic E-state index is 0.162. The first kappa shape index (κ1) is 22.8. The molecule has 2 aromatic carbocycles. The van der Waals surface area contributed by atoms with E-state index >= 15 is 0 Å². The quantitative estimate of drug-likeness (QED) is 0.562. The molecule has 2 aromatic rings. The normalized spacial score (nSPS) is 18.4. The molecule has 1 aliphatic heterocycles.